The number of nitrogens with one attached hydrogen (secondary N) is 2. The fraction of sp³-hybridized carbons (Fsp3) is 0.417. The van der Waals surface area contributed by atoms with Crippen molar-refractivity contribution in [3.63, 3.8) is 0 Å². The maximum atomic E-state index is 5.25. The number of nitrogens with zero attached hydrogens (tertiary/aromatic N) is 4. The van der Waals surface area contributed by atoms with Crippen molar-refractivity contribution in [1.29, 1.82) is 0 Å². The molecular weight excluding hydrogens is 340 g/mol. The molecule has 6 nitrogen and oxygen atoms in total. The van der Waals surface area contributed by atoms with Crippen molar-refractivity contribution in [2.24, 2.45) is 7.05 Å². The molecule has 2 heterocycles. The van der Waals surface area contributed by atoms with Gasteiger partial charge in [0, 0.05) is 31.9 Å². The van der Waals surface area contributed by atoms with Crippen LogP contribution in [-0.2, 0) is 26.7 Å². The number of aromatic nitrogens is 4. The Morgan fingerprint density at radius 3 is 2.65 bits per heavy atom. The second-order valence-electron chi connectivity index (χ2n) is 4.30. The molecule has 2 aromatic rings. The summed E-state index contributed by atoms with van der Waals surface area (Å²) in [6.45, 7) is 4.22. The zero-order valence-electron chi connectivity index (χ0n) is 11.4. The molecule has 20 heavy (non-hydrogen) atoms. The highest BCUT2D eigenvalue weighted by molar-refractivity contribution is 9.10. The van der Waals surface area contributed by atoms with Crippen molar-refractivity contribution >= 4 is 33.3 Å². The van der Waals surface area contributed by atoms with Crippen LogP contribution in [0.25, 0.3) is 0 Å². The van der Waals surface area contributed by atoms with Gasteiger partial charge in [-0.3, -0.25) is 9.36 Å². The topological polar surface area (TPSA) is 59.7 Å². The van der Waals surface area contributed by atoms with Crippen LogP contribution in [-0.4, -0.2) is 24.7 Å². The summed E-state index contributed by atoms with van der Waals surface area (Å²) in [5.74, 6) is 0. The van der Waals surface area contributed by atoms with Gasteiger partial charge in [0.15, 0.2) is 5.11 Å². The van der Waals surface area contributed by atoms with E-state index < -0.39 is 0 Å². The van der Waals surface area contributed by atoms with Crippen LogP contribution in [0.15, 0.2) is 23.1 Å². The van der Waals surface area contributed by atoms with E-state index in [1.54, 1.807) is 6.20 Å². The second-order valence-corrected chi connectivity index (χ2v) is 5.57. The van der Waals surface area contributed by atoms with Gasteiger partial charge < -0.3 is 10.6 Å². The molecule has 2 aromatic heterocycles. The Morgan fingerprint density at radius 2 is 2.05 bits per heavy atom. The third kappa shape index (κ3) is 3.80. The summed E-state index contributed by atoms with van der Waals surface area (Å²) in [7, 11) is 1.90. The van der Waals surface area contributed by atoms with Gasteiger partial charge in [-0.15, -0.1) is 0 Å². The van der Waals surface area contributed by atoms with Crippen molar-refractivity contribution < 1.29 is 0 Å². The Hall–Kier alpha value is -1.41. The Kier molecular flexibility index (Phi) is 5.13. The Bertz CT molecular complexity index is 571. The predicted octanol–water partition coefficient (Wildman–Crippen LogP) is 1.56. The molecule has 2 N–H and O–H groups in total. The molecule has 108 valence electrons. The van der Waals surface area contributed by atoms with Crippen LogP contribution >= 0.6 is 28.1 Å². The summed E-state index contributed by atoms with van der Waals surface area (Å²) >= 11 is 8.71. The highest BCUT2D eigenvalue weighted by atomic mass is 79.9. The van der Waals surface area contributed by atoms with Crippen molar-refractivity contribution in [3.05, 3.63) is 34.3 Å². The first kappa shape index (κ1) is 15.0. The Labute approximate surface area is 131 Å². The monoisotopic (exact) mass is 356 g/mol. The summed E-state index contributed by atoms with van der Waals surface area (Å²) in [5.41, 5.74) is 2.16. The zero-order chi connectivity index (χ0) is 14.5. The third-order valence-electron chi connectivity index (χ3n) is 2.89. The molecule has 0 atom stereocenters. The van der Waals surface area contributed by atoms with Gasteiger partial charge in [-0.1, -0.05) is 0 Å². The van der Waals surface area contributed by atoms with Crippen LogP contribution < -0.4 is 10.6 Å². The first-order chi connectivity index (χ1) is 9.60. The van der Waals surface area contributed by atoms with Gasteiger partial charge >= 0.3 is 0 Å². The summed E-state index contributed by atoms with van der Waals surface area (Å²) in [6.07, 6.45) is 5.62. The van der Waals surface area contributed by atoms with Crippen LogP contribution in [0.5, 0.6) is 0 Å². The van der Waals surface area contributed by atoms with Crippen molar-refractivity contribution in [2.75, 3.05) is 0 Å². The lowest BCUT2D eigenvalue weighted by atomic mass is 10.3. The van der Waals surface area contributed by atoms with Crippen molar-refractivity contribution in [2.45, 2.75) is 26.6 Å². The van der Waals surface area contributed by atoms with E-state index in [-0.39, 0.29) is 0 Å². The number of halogens is 1. The quantitative estimate of drug-likeness (QED) is 0.796. The van der Waals surface area contributed by atoms with Gasteiger partial charge in [-0.05, 0) is 35.1 Å². The minimum atomic E-state index is 0.613. The Morgan fingerprint density at radius 1 is 1.30 bits per heavy atom. The Balaban J connectivity index is 1.78. The molecular formula is C12H17BrN6S. The molecule has 0 saturated carbocycles. The minimum absolute atomic E-state index is 0.613. The highest BCUT2D eigenvalue weighted by Gasteiger charge is 2.06. The predicted molar refractivity (Wildman–Crippen MR) is 85.1 cm³/mol. The van der Waals surface area contributed by atoms with E-state index in [2.05, 4.69) is 43.7 Å². The molecule has 0 aliphatic heterocycles. The lowest BCUT2D eigenvalue weighted by Crippen LogP contribution is -2.34. The molecule has 0 amide bonds. The summed E-state index contributed by atoms with van der Waals surface area (Å²) in [6, 6.07) is 0. The van der Waals surface area contributed by atoms with Crippen LogP contribution in [0.2, 0.25) is 0 Å². The fourth-order valence-corrected chi connectivity index (χ4v) is 2.35. The molecule has 0 saturated heterocycles. The van der Waals surface area contributed by atoms with E-state index in [1.165, 1.54) is 0 Å². The maximum absolute atomic E-state index is 5.25. The molecule has 2 rings (SSSR count). The van der Waals surface area contributed by atoms with Crippen molar-refractivity contribution in [1.82, 2.24) is 30.2 Å². The molecule has 0 unspecified atom stereocenters. The number of aryl methyl sites for hydroxylation is 2. The van der Waals surface area contributed by atoms with Gasteiger partial charge in [0.25, 0.3) is 0 Å². The summed E-state index contributed by atoms with van der Waals surface area (Å²) in [4.78, 5) is 0. The molecule has 0 aliphatic carbocycles. The number of thiocarbonyl (C=S) groups is 1. The van der Waals surface area contributed by atoms with Crippen LogP contribution in [0.4, 0.5) is 0 Å². The molecule has 0 fully saturated rings. The van der Waals surface area contributed by atoms with E-state index in [4.69, 9.17) is 12.2 Å². The summed E-state index contributed by atoms with van der Waals surface area (Å²) in [5, 5.41) is 15.3. The maximum Gasteiger partial charge on any atom is 0.166 e. The first-order valence-electron chi connectivity index (χ1n) is 6.29. The van der Waals surface area contributed by atoms with E-state index in [9.17, 15) is 0 Å². The third-order valence-corrected chi connectivity index (χ3v) is 3.84. The van der Waals surface area contributed by atoms with Crippen molar-refractivity contribution in [3.8, 4) is 0 Å². The minimum Gasteiger partial charge on any atom is -0.359 e. The lowest BCUT2D eigenvalue weighted by molar-refractivity contribution is 0.658. The highest BCUT2D eigenvalue weighted by Crippen LogP contribution is 2.14. The van der Waals surface area contributed by atoms with Crippen LogP contribution in [0.1, 0.15) is 18.2 Å². The number of hydrogen-bond donors (Lipinski definition) is 2. The van der Waals surface area contributed by atoms with Gasteiger partial charge in [0.05, 0.1) is 29.1 Å². The number of rotatable bonds is 5. The average Bonchev–Trinajstić information content (AvgIpc) is 3.02. The SMILES string of the molecule is CCn1cc(CNC(=S)NCc2c(Br)cnn2C)cn1. The average molecular weight is 357 g/mol. The molecule has 0 radical (unpaired) electrons. The number of hydrogen-bond acceptors (Lipinski definition) is 3. The molecule has 8 heteroatoms. The van der Waals surface area contributed by atoms with E-state index in [1.807, 2.05) is 28.8 Å². The normalized spacial score (nSPS) is 10.6. The first-order valence-corrected chi connectivity index (χ1v) is 7.49. The smallest absolute Gasteiger partial charge is 0.166 e. The largest absolute Gasteiger partial charge is 0.359 e. The molecule has 0 aliphatic rings. The summed E-state index contributed by atoms with van der Waals surface area (Å²) < 4.78 is 4.67. The van der Waals surface area contributed by atoms with E-state index in [0.29, 0.717) is 18.2 Å². The van der Waals surface area contributed by atoms with Gasteiger partial charge in [-0.2, -0.15) is 10.2 Å². The molecule has 0 aromatic carbocycles. The molecule has 0 bridgehead atoms. The van der Waals surface area contributed by atoms with Gasteiger partial charge in [0.1, 0.15) is 0 Å². The molecule has 0 spiro atoms. The van der Waals surface area contributed by atoms with Gasteiger partial charge in [0.2, 0.25) is 0 Å². The van der Waals surface area contributed by atoms with Crippen LogP contribution in [0.3, 0.4) is 0 Å². The van der Waals surface area contributed by atoms with E-state index >= 15 is 0 Å². The standard InChI is InChI=1S/C12H17BrN6S/c1-3-19-8-9(5-17-19)4-14-12(20)15-7-11-10(13)6-16-18(11)2/h5-6,8H,3-4,7H2,1-2H3,(H2,14,15,20). The van der Waals surface area contributed by atoms with E-state index in [0.717, 1.165) is 22.3 Å². The van der Waals surface area contributed by atoms with Crippen LogP contribution in [0, 0.1) is 0 Å². The fourth-order valence-electron chi connectivity index (χ4n) is 1.71. The zero-order valence-corrected chi connectivity index (χ0v) is 13.8. The second kappa shape index (κ2) is 6.85. The lowest BCUT2D eigenvalue weighted by Gasteiger charge is -2.10. The van der Waals surface area contributed by atoms with Gasteiger partial charge in [-0.25, -0.2) is 0 Å².